The molecule has 0 saturated carbocycles. The van der Waals surface area contributed by atoms with E-state index in [1.54, 1.807) is 6.92 Å². The Hall–Kier alpha value is -1.77. The van der Waals surface area contributed by atoms with Crippen molar-refractivity contribution in [1.82, 2.24) is 0 Å². The van der Waals surface area contributed by atoms with Gasteiger partial charge in [-0.15, -0.1) is 0 Å². The lowest BCUT2D eigenvalue weighted by Crippen LogP contribution is -2.35. The van der Waals surface area contributed by atoms with E-state index >= 15 is 0 Å². The van der Waals surface area contributed by atoms with Crippen LogP contribution in [0.5, 0.6) is 11.5 Å². The number of aryl methyl sites for hydroxylation is 1. The molecule has 0 heterocycles. The van der Waals surface area contributed by atoms with Gasteiger partial charge in [-0.25, -0.2) is 4.39 Å². The van der Waals surface area contributed by atoms with Crippen LogP contribution in [0.2, 0.25) is 0 Å². The summed E-state index contributed by atoms with van der Waals surface area (Å²) < 4.78 is 69.5. The first-order chi connectivity index (χ1) is 9.18. The van der Waals surface area contributed by atoms with Crippen molar-refractivity contribution in [2.75, 3.05) is 13.8 Å². The van der Waals surface area contributed by atoms with E-state index in [-0.39, 0.29) is 17.6 Å². The molecule has 0 bridgehead atoms. The van der Waals surface area contributed by atoms with Gasteiger partial charge in [0, 0.05) is 0 Å². The molecule has 0 N–H and O–H groups in total. The summed E-state index contributed by atoms with van der Waals surface area (Å²) in [6.45, 7) is -0.871. The highest BCUT2D eigenvalue weighted by atomic mass is 32.2. The molecule has 0 saturated heterocycles. The molecule has 1 rings (SSSR count). The van der Waals surface area contributed by atoms with E-state index < -0.39 is 27.8 Å². The smallest absolute Gasteiger partial charge is 0.407 e. The summed E-state index contributed by atoms with van der Waals surface area (Å²) in [5.74, 6) is -0.938. The number of alkyl halides is 3. The van der Waals surface area contributed by atoms with E-state index in [2.05, 4.69) is 4.18 Å². The van der Waals surface area contributed by atoms with Crippen LogP contribution in [-0.4, -0.2) is 33.7 Å². The lowest BCUT2D eigenvalue weighted by atomic mass is 10.1. The van der Waals surface area contributed by atoms with E-state index in [4.69, 9.17) is 4.74 Å². The van der Waals surface area contributed by atoms with Crippen LogP contribution < -0.4 is 8.92 Å². The van der Waals surface area contributed by atoms with E-state index in [1.165, 1.54) is 12.1 Å². The Bertz CT molecular complexity index is 613. The zero-order valence-electron chi connectivity index (χ0n) is 10.5. The van der Waals surface area contributed by atoms with Gasteiger partial charge >= 0.3 is 15.4 Å². The van der Waals surface area contributed by atoms with Crippen LogP contribution in [0, 0.1) is 6.92 Å². The molecule has 0 aliphatic heterocycles. The van der Waals surface area contributed by atoms with E-state index in [0.717, 1.165) is 7.11 Å². The SMILES string of the molecule is COc1cc(C)cc(C=O)c1OS(=O)(=O)C(F)(F)CF. The second kappa shape index (κ2) is 5.70. The third-order valence-electron chi connectivity index (χ3n) is 2.29. The molecule has 112 valence electrons. The van der Waals surface area contributed by atoms with Gasteiger partial charge in [0.15, 0.2) is 24.5 Å². The van der Waals surface area contributed by atoms with Crippen LogP contribution in [0.15, 0.2) is 12.1 Å². The molecule has 0 atom stereocenters. The van der Waals surface area contributed by atoms with Crippen LogP contribution in [-0.2, 0) is 10.1 Å². The minimum Gasteiger partial charge on any atom is -0.493 e. The summed E-state index contributed by atoms with van der Waals surface area (Å²) in [5.41, 5.74) is 0.214. The highest BCUT2D eigenvalue weighted by Gasteiger charge is 2.48. The molecular weight excluding hydrogens is 301 g/mol. The minimum absolute atomic E-state index is 0.216. The highest BCUT2D eigenvalue weighted by molar-refractivity contribution is 7.88. The Balaban J connectivity index is 3.38. The third-order valence-corrected chi connectivity index (χ3v) is 3.52. The average Bonchev–Trinajstić information content (AvgIpc) is 2.39. The maximum absolute atomic E-state index is 12.9. The molecule has 0 radical (unpaired) electrons. The highest BCUT2D eigenvalue weighted by Crippen LogP contribution is 2.35. The molecule has 1 aromatic rings. The van der Waals surface area contributed by atoms with Gasteiger partial charge in [-0.2, -0.15) is 17.2 Å². The van der Waals surface area contributed by atoms with Crippen LogP contribution in [0.3, 0.4) is 0 Å². The number of hydrogen-bond acceptors (Lipinski definition) is 5. The molecule has 0 unspecified atom stereocenters. The maximum Gasteiger partial charge on any atom is 0.407 e. The van der Waals surface area contributed by atoms with Crippen molar-refractivity contribution in [3.63, 3.8) is 0 Å². The Kier molecular flexibility index (Phi) is 4.64. The molecule has 20 heavy (non-hydrogen) atoms. The number of benzene rings is 1. The monoisotopic (exact) mass is 312 g/mol. The predicted octanol–water partition coefficient (Wildman–Crippen LogP) is 2.09. The topological polar surface area (TPSA) is 69.7 Å². The fourth-order valence-corrected chi connectivity index (χ4v) is 1.99. The number of ether oxygens (including phenoxy) is 1. The summed E-state index contributed by atoms with van der Waals surface area (Å²) in [7, 11) is -4.45. The molecule has 0 spiro atoms. The molecular formula is C11H11F3O5S. The quantitative estimate of drug-likeness (QED) is 0.594. The molecule has 9 heteroatoms. The molecule has 0 aliphatic carbocycles. The first-order valence-electron chi connectivity index (χ1n) is 5.20. The number of methoxy groups -OCH3 is 1. The van der Waals surface area contributed by atoms with Gasteiger partial charge in [-0.05, 0) is 24.6 Å². The van der Waals surface area contributed by atoms with Crippen molar-refractivity contribution < 1.29 is 35.3 Å². The molecule has 0 aliphatic rings. The lowest BCUT2D eigenvalue weighted by Gasteiger charge is -2.17. The number of halogens is 3. The number of rotatable bonds is 6. The second-order valence-electron chi connectivity index (χ2n) is 3.81. The van der Waals surface area contributed by atoms with Crippen molar-refractivity contribution >= 4 is 16.4 Å². The number of hydrogen-bond donors (Lipinski definition) is 0. The van der Waals surface area contributed by atoms with Gasteiger partial charge in [-0.3, -0.25) is 4.79 Å². The number of carbonyl (C=O) groups excluding carboxylic acids is 1. The molecule has 0 aromatic heterocycles. The summed E-state index contributed by atoms with van der Waals surface area (Å²) in [6, 6.07) is 2.50. The van der Waals surface area contributed by atoms with Gasteiger partial charge in [0.2, 0.25) is 0 Å². The van der Waals surface area contributed by atoms with Crippen molar-refractivity contribution in [3.8, 4) is 11.5 Å². The molecule has 0 amide bonds. The first-order valence-corrected chi connectivity index (χ1v) is 6.61. The van der Waals surface area contributed by atoms with Gasteiger partial charge < -0.3 is 8.92 Å². The fraction of sp³-hybridized carbons (Fsp3) is 0.364. The molecule has 1 aromatic carbocycles. The minimum atomic E-state index is -5.59. The largest absolute Gasteiger partial charge is 0.493 e. The van der Waals surface area contributed by atoms with E-state index in [0.29, 0.717) is 5.56 Å². The van der Waals surface area contributed by atoms with Crippen LogP contribution in [0.1, 0.15) is 15.9 Å². The fourth-order valence-electron chi connectivity index (χ4n) is 1.33. The second-order valence-corrected chi connectivity index (χ2v) is 5.48. The zero-order chi connectivity index (χ0) is 15.6. The van der Waals surface area contributed by atoms with Gasteiger partial charge in [-0.1, -0.05) is 0 Å². The zero-order valence-corrected chi connectivity index (χ0v) is 11.3. The van der Waals surface area contributed by atoms with E-state index in [1.807, 2.05) is 0 Å². The molecule has 5 nitrogen and oxygen atoms in total. The normalized spacial score (nSPS) is 12.1. The van der Waals surface area contributed by atoms with Crippen molar-refractivity contribution in [1.29, 1.82) is 0 Å². The van der Waals surface area contributed by atoms with Gasteiger partial charge in [0.1, 0.15) is 0 Å². The van der Waals surface area contributed by atoms with Gasteiger partial charge in [0.05, 0.1) is 12.7 Å². The predicted molar refractivity (Wildman–Crippen MR) is 63.6 cm³/mol. The standard InChI is InChI=1S/C11H11F3O5S/c1-7-3-8(5-15)10(9(4-7)18-2)19-20(16,17)11(13,14)6-12/h3-5H,6H2,1-2H3. The van der Waals surface area contributed by atoms with Crippen molar-refractivity contribution in [3.05, 3.63) is 23.3 Å². The average molecular weight is 312 g/mol. The van der Waals surface area contributed by atoms with E-state index in [9.17, 15) is 26.4 Å². The van der Waals surface area contributed by atoms with Crippen LogP contribution >= 0.6 is 0 Å². The first kappa shape index (κ1) is 16.3. The third kappa shape index (κ3) is 3.03. The summed E-state index contributed by atoms with van der Waals surface area (Å²) >= 11 is 0. The lowest BCUT2D eigenvalue weighted by molar-refractivity contribution is 0.0537. The number of carbonyl (C=O) groups is 1. The molecule has 0 fully saturated rings. The Morgan fingerprint density at radius 3 is 2.40 bits per heavy atom. The van der Waals surface area contributed by atoms with Crippen LogP contribution in [0.25, 0.3) is 0 Å². The maximum atomic E-state index is 12.9. The summed E-state index contributed by atoms with van der Waals surface area (Å²) in [4.78, 5) is 10.9. The van der Waals surface area contributed by atoms with Gasteiger partial charge in [0.25, 0.3) is 0 Å². The van der Waals surface area contributed by atoms with Crippen molar-refractivity contribution in [2.24, 2.45) is 0 Å². The van der Waals surface area contributed by atoms with Crippen LogP contribution in [0.4, 0.5) is 13.2 Å². The summed E-state index contributed by atoms with van der Waals surface area (Å²) in [6.07, 6.45) is 0.216. The Morgan fingerprint density at radius 1 is 1.35 bits per heavy atom. The van der Waals surface area contributed by atoms with Crippen molar-refractivity contribution in [2.45, 2.75) is 12.2 Å². The Labute approximate surface area is 113 Å². The number of aldehydes is 1. The summed E-state index contributed by atoms with van der Waals surface area (Å²) in [5, 5.41) is -4.72. The Morgan fingerprint density at radius 2 is 1.95 bits per heavy atom.